The molecule has 1 atom stereocenters. The molecule has 3 rings (SSSR count). The van der Waals surface area contributed by atoms with E-state index in [4.69, 9.17) is 0 Å². The monoisotopic (exact) mass is 399 g/mol. The van der Waals surface area contributed by atoms with E-state index in [-0.39, 0.29) is 11.6 Å². The van der Waals surface area contributed by atoms with Crippen LogP contribution in [0.4, 0.5) is 13.2 Å². The third kappa shape index (κ3) is 2.86. The molecule has 0 radical (unpaired) electrons. The Morgan fingerprint density at radius 2 is 2.00 bits per heavy atom. The van der Waals surface area contributed by atoms with Crippen LogP contribution in [0, 0.1) is 11.3 Å². The minimum absolute atomic E-state index is 0.0135. The zero-order chi connectivity index (χ0) is 16.6. The number of thioether (sulfide) groups is 1. The van der Waals surface area contributed by atoms with Crippen LogP contribution in [-0.4, -0.2) is 11.1 Å². The number of benzene rings is 1. The zero-order valence-electron chi connectivity index (χ0n) is 11.8. The van der Waals surface area contributed by atoms with Crippen molar-refractivity contribution in [1.82, 2.24) is 0 Å². The van der Waals surface area contributed by atoms with Crippen molar-refractivity contribution >= 4 is 27.7 Å². The second-order valence-corrected chi connectivity index (χ2v) is 6.74. The predicted molar refractivity (Wildman–Crippen MR) is 85.3 cm³/mol. The number of alkyl halides is 4. The summed E-state index contributed by atoms with van der Waals surface area (Å²) in [5.41, 5.74) is 0.0389. The summed E-state index contributed by atoms with van der Waals surface area (Å²) in [6, 6.07) is 11.8. The summed E-state index contributed by atoms with van der Waals surface area (Å²) in [7, 11) is 0. The lowest BCUT2D eigenvalue weighted by molar-refractivity contribution is -0.733. The molecule has 0 saturated heterocycles. The number of hydrogen-bond donors (Lipinski definition) is 0. The normalized spacial score (nSPS) is 16.9. The second-order valence-electron chi connectivity index (χ2n) is 5.09. The number of nitrogens with zero attached hydrogens (tertiary/aromatic N) is 2. The van der Waals surface area contributed by atoms with E-state index in [0.29, 0.717) is 27.4 Å². The summed E-state index contributed by atoms with van der Waals surface area (Å²) in [6.45, 7) is 0. The Hall–Kier alpha value is -1.52. The fourth-order valence-electron chi connectivity index (χ4n) is 2.65. The number of pyridine rings is 1. The standard InChI is InChI=1S/C16H11BrF3N2S/c17-7-11-9-23-15-12(8-21)13(16(18,19)20)6-14(22(11)15)10-4-2-1-3-5-10/h1-6,11H,7,9H2/q+1/t11-/m1/s1. The van der Waals surface area contributed by atoms with Crippen molar-refractivity contribution in [3.63, 3.8) is 0 Å². The van der Waals surface area contributed by atoms with E-state index in [0.717, 1.165) is 6.07 Å². The number of rotatable bonds is 2. The smallest absolute Gasteiger partial charge is 0.192 e. The third-order valence-corrected chi connectivity index (χ3v) is 5.66. The molecule has 23 heavy (non-hydrogen) atoms. The van der Waals surface area contributed by atoms with Crippen LogP contribution >= 0.6 is 27.7 Å². The molecule has 0 saturated carbocycles. The summed E-state index contributed by atoms with van der Waals surface area (Å²) in [5.74, 6) is 0.640. The highest BCUT2D eigenvalue weighted by atomic mass is 79.9. The van der Waals surface area contributed by atoms with Gasteiger partial charge < -0.3 is 0 Å². The molecule has 0 spiro atoms. The number of aromatic nitrogens is 1. The van der Waals surface area contributed by atoms with Crippen molar-refractivity contribution in [2.75, 3.05) is 11.1 Å². The van der Waals surface area contributed by atoms with Crippen molar-refractivity contribution < 1.29 is 17.7 Å². The Labute approximate surface area is 144 Å². The molecule has 2 heterocycles. The average Bonchev–Trinajstić information content (AvgIpc) is 2.97. The first-order valence-corrected chi connectivity index (χ1v) is 8.92. The van der Waals surface area contributed by atoms with Crippen LogP contribution in [0.25, 0.3) is 11.3 Å². The molecular weight excluding hydrogens is 389 g/mol. The molecule has 0 N–H and O–H groups in total. The molecule has 2 nitrogen and oxygen atoms in total. The van der Waals surface area contributed by atoms with E-state index in [2.05, 4.69) is 15.9 Å². The molecule has 1 aromatic carbocycles. The minimum atomic E-state index is -4.56. The molecule has 0 aliphatic carbocycles. The minimum Gasteiger partial charge on any atom is -0.192 e. The Bertz CT molecular complexity index is 785. The molecule has 7 heteroatoms. The van der Waals surface area contributed by atoms with Gasteiger partial charge in [-0.3, -0.25) is 0 Å². The lowest BCUT2D eigenvalue weighted by atomic mass is 10.0. The summed E-state index contributed by atoms with van der Waals surface area (Å²) < 4.78 is 42.0. The third-order valence-electron chi connectivity index (χ3n) is 3.69. The highest BCUT2D eigenvalue weighted by Gasteiger charge is 2.44. The summed E-state index contributed by atoms with van der Waals surface area (Å²) >= 11 is 4.72. The van der Waals surface area contributed by atoms with Crippen molar-refractivity contribution in [2.24, 2.45) is 0 Å². The van der Waals surface area contributed by atoms with Crippen LogP contribution in [-0.2, 0) is 6.18 Å². The number of nitriles is 1. The molecule has 118 valence electrons. The highest BCUT2D eigenvalue weighted by Crippen LogP contribution is 2.40. The van der Waals surface area contributed by atoms with Crippen LogP contribution in [0.5, 0.6) is 0 Å². The second kappa shape index (κ2) is 6.17. The molecular formula is C16H11BrF3N2S+. The first kappa shape index (κ1) is 16.3. The summed E-state index contributed by atoms with van der Waals surface area (Å²) in [6.07, 6.45) is -4.56. The van der Waals surface area contributed by atoms with Crippen LogP contribution in [0.3, 0.4) is 0 Å². The van der Waals surface area contributed by atoms with Gasteiger partial charge in [0.25, 0.3) is 5.03 Å². The van der Waals surface area contributed by atoms with E-state index in [1.54, 1.807) is 30.3 Å². The number of hydrogen-bond acceptors (Lipinski definition) is 2. The first-order chi connectivity index (χ1) is 11.0. The molecule has 1 aliphatic heterocycles. The molecule has 0 amide bonds. The Balaban J connectivity index is 2.36. The fourth-order valence-corrected chi connectivity index (χ4v) is 4.78. The van der Waals surface area contributed by atoms with Gasteiger partial charge in [-0.2, -0.15) is 23.0 Å². The first-order valence-electron chi connectivity index (χ1n) is 6.81. The molecule has 0 fully saturated rings. The number of fused-ring (bicyclic) bond motifs is 1. The van der Waals surface area contributed by atoms with Crippen LogP contribution in [0.1, 0.15) is 17.2 Å². The highest BCUT2D eigenvalue weighted by molar-refractivity contribution is 9.09. The molecule has 0 unspecified atom stereocenters. The Morgan fingerprint density at radius 1 is 1.30 bits per heavy atom. The molecule has 2 aromatic rings. The molecule has 1 aromatic heterocycles. The maximum absolute atomic E-state index is 13.4. The summed E-state index contributed by atoms with van der Waals surface area (Å²) in [5, 5.41) is 10.3. The topological polar surface area (TPSA) is 27.7 Å². The van der Waals surface area contributed by atoms with Gasteiger partial charge in [-0.1, -0.05) is 34.1 Å². The van der Waals surface area contributed by atoms with Gasteiger partial charge in [0, 0.05) is 11.6 Å². The van der Waals surface area contributed by atoms with Gasteiger partial charge in [0.2, 0.25) is 5.69 Å². The lowest BCUT2D eigenvalue weighted by Crippen LogP contribution is -2.43. The van der Waals surface area contributed by atoms with Crippen LogP contribution in [0.2, 0.25) is 0 Å². The van der Waals surface area contributed by atoms with E-state index in [1.807, 2.05) is 10.6 Å². The van der Waals surface area contributed by atoms with E-state index >= 15 is 0 Å². The van der Waals surface area contributed by atoms with Gasteiger partial charge in [-0.05, 0) is 23.9 Å². The Morgan fingerprint density at radius 3 is 2.57 bits per heavy atom. The van der Waals surface area contributed by atoms with Crippen molar-refractivity contribution in [3.8, 4) is 17.3 Å². The SMILES string of the molecule is N#Cc1c(C(F)(F)F)cc(-c2ccccc2)[n+]2c1SC[C@H]2CBr. The predicted octanol–water partition coefficient (Wildman–Crippen LogP) is 4.57. The Kier molecular flexibility index (Phi) is 4.39. The van der Waals surface area contributed by atoms with Gasteiger partial charge in [0.05, 0.1) is 16.6 Å². The van der Waals surface area contributed by atoms with Crippen molar-refractivity contribution in [3.05, 3.63) is 47.5 Å². The maximum atomic E-state index is 13.4. The van der Waals surface area contributed by atoms with Crippen LogP contribution in [0.15, 0.2) is 41.4 Å². The van der Waals surface area contributed by atoms with Gasteiger partial charge >= 0.3 is 6.18 Å². The average molecular weight is 400 g/mol. The zero-order valence-corrected chi connectivity index (χ0v) is 14.2. The van der Waals surface area contributed by atoms with Gasteiger partial charge in [-0.15, -0.1) is 0 Å². The quantitative estimate of drug-likeness (QED) is 0.546. The van der Waals surface area contributed by atoms with Gasteiger partial charge in [0.1, 0.15) is 11.6 Å². The maximum Gasteiger partial charge on any atom is 0.418 e. The van der Waals surface area contributed by atoms with Crippen molar-refractivity contribution in [1.29, 1.82) is 5.26 Å². The van der Waals surface area contributed by atoms with Gasteiger partial charge in [-0.25, -0.2) is 0 Å². The number of halogens is 4. The lowest BCUT2D eigenvalue weighted by Gasteiger charge is -2.13. The molecule has 1 aliphatic rings. The van der Waals surface area contributed by atoms with E-state index in [9.17, 15) is 18.4 Å². The van der Waals surface area contributed by atoms with Crippen LogP contribution < -0.4 is 4.57 Å². The van der Waals surface area contributed by atoms with Crippen molar-refractivity contribution in [2.45, 2.75) is 17.2 Å². The molecule has 0 bridgehead atoms. The largest absolute Gasteiger partial charge is 0.418 e. The fraction of sp³-hybridized carbons (Fsp3) is 0.250. The van der Waals surface area contributed by atoms with E-state index < -0.39 is 11.7 Å². The van der Waals surface area contributed by atoms with E-state index in [1.165, 1.54) is 11.8 Å². The summed E-state index contributed by atoms with van der Waals surface area (Å²) in [4.78, 5) is 0. The van der Waals surface area contributed by atoms with Gasteiger partial charge in [0.15, 0.2) is 6.04 Å².